The van der Waals surface area contributed by atoms with Gasteiger partial charge >= 0.3 is 12.1 Å². The molecular formula is C31H32F4NO6S-. The van der Waals surface area contributed by atoms with Crippen LogP contribution < -0.4 is 9.04 Å². The van der Waals surface area contributed by atoms with E-state index < -0.39 is 65.2 Å². The van der Waals surface area contributed by atoms with E-state index in [-0.39, 0.29) is 23.4 Å². The lowest BCUT2D eigenvalue weighted by atomic mass is 9.73. The molecule has 0 fully saturated rings. The Morgan fingerprint density at radius 1 is 1.09 bits per heavy atom. The zero-order chi connectivity index (χ0) is 31.7. The van der Waals surface area contributed by atoms with Crippen LogP contribution in [-0.2, 0) is 32.6 Å². The number of fused-ring (bicyclic) bond motifs is 1. The van der Waals surface area contributed by atoms with Gasteiger partial charge in [0.05, 0.1) is 13.5 Å². The van der Waals surface area contributed by atoms with Crippen LogP contribution in [0.4, 0.5) is 23.2 Å². The van der Waals surface area contributed by atoms with Crippen molar-refractivity contribution in [3.8, 4) is 5.75 Å². The molecule has 0 saturated heterocycles. The Balaban J connectivity index is 1.64. The number of esters is 1. The summed E-state index contributed by atoms with van der Waals surface area (Å²) in [4.78, 5) is 13.2. The largest absolute Gasteiger partial charge is 0.755 e. The summed E-state index contributed by atoms with van der Waals surface area (Å²) in [5, 5.41) is 11.0. The van der Waals surface area contributed by atoms with Gasteiger partial charge in [-0.2, -0.15) is 13.2 Å². The molecule has 0 aromatic heterocycles. The maximum absolute atomic E-state index is 14.4. The molecule has 4 rings (SSSR count). The molecule has 0 aliphatic heterocycles. The van der Waals surface area contributed by atoms with Gasteiger partial charge in [0.1, 0.15) is 23.7 Å². The molecule has 12 heteroatoms. The highest BCUT2D eigenvalue weighted by atomic mass is 32.2. The molecule has 4 unspecified atom stereocenters. The van der Waals surface area contributed by atoms with Crippen molar-refractivity contribution >= 4 is 22.9 Å². The van der Waals surface area contributed by atoms with E-state index in [0.29, 0.717) is 11.1 Å². The van der Waals surface area contributed by atoms with Crippen molar-refractivity contribution in [1.82, 2.24) is 0 Å². The molecule has 3 aromatic carbocycles. The average Bonchev–Trinajstić information content (AvgIpc) is 3.26. The fourth-order valence-electron chi connectivity index (χ4n) is 5.70. The molecule has 232 valence electrons. The van der Waals surface area contributed by atoms with Crippen LogP contribution >= 0.6 is 0 Å². The lowest BCUT2D eigenvalue weighted by Gasteiger charge is -2.39. The number of halogens is 4. The third-order valence-corrected chi connectivity index (χ3v) is 8.48. The molecule has 3 aromatic rings. The molecule has 7 nitrogen and oxygen atoms in total. The summed E-state index contributed by atoms with van der Waals surface area (Å²) >= 11 is -2.85. The predicted octanol–water partition coefficient (Wildman–Crippen LogP) is 6.00. The molecule has 43 heavy (non-hydrogen) atoms. The molecule has 0 bridgehead atoms. The molecule has 0 saturated carbocycles. The van der Waals surface area contributed by atoms with Crippen molar-refractivity contribution in [2.75, 3.05) is 11.4 Å². The summed E-state index contributed by atoms with van der Waals surface area (Å²) in [7, 11) is 1.28. The number of benzene rings is 3. The van der Waals surface area contributed by atoms with Crippen LogP contribution in [0.1, 0.15) is 55.0 Å². The maximum atomic E-state index is 14.4. The molecule has 0 heterocycles. The van der Waals surface area contributed by atoms with E-state index in [1.165, 1.54) is 27.0 Å². The van der Waals surface area contributed by atoms with Gasteiger partial charge in [0, 0.05) is 28.9 Å². The number of aliphatic hydroxyl groups is 1. The van der Waals surface area contributed by atoms with Gasteiger partial charge in [-0.1, -0.05) is 55.8 Å². The minimum absolute atomic E-state index is 0.0442. The van der Waals surface area contributed by atoms with Crippen molar-refractivity contribution in [2.45, 2.75) is 69.4 Å². The van der Waals surface area contributed by atoms with Crippen LogP contribution in [0.5, 0.6) is 5.75 Å². The summed E-state index contributed by atoms with van der Waals surface area (Å²) in [5.74, 6) is -1.96. The Kier molecular flexibility index (Phi) is 9.24. The predicted molar refractivity (Wildman–Crippen MR) is 152 cm³/mol. The third kappa shape index (κ3) is 6.86. The standard InChI is InChI=1S/C31H33F4NO6S/c1-19-9-12-22(13-10-19)36(43(39)40)28-23-8-6-5-7-20(23)15-26(28)42-27(37)17-30(38,31(33,34)35)18-29(2,3)24-16-21(32)11-14-25(24)41-4/h5-14,16,26,28,38H,15,17-18H2,1-4H3,(H,39,40)/p-1. The van der Waals surface area contributed by atoms with Gasteiger partial charge in [-0.15, -0.1) is 0 Å². The normalized spacial score (nSPS) is 18.8. The SMILES string of the molecule is COc1ccc(F)cc1C(C)(C)CC(O)(CC(=O)OC1Cc2ccccc2C1N(c1ccc(C)cc1)S(=O)[O-])C(F)(F)F. The van der Waals surface area contributed by atoms with Gasteiger partial charge in [-0.3, -0.25) is 13.3 Å². The lowest BCUT2D eigenvalue weighted by molar-refractivity contribution is -0.270. The number of aryl methyl sites for hydroxylation is 1. The molecule has 0 amide bonds. The Labute approximate surface area is 249 Å². The summed E-state index contributed by atoms with van der Waals surface area (Å²) in [5.41, 5.74) is -2.65. The number of hydrogen-bond acceptors (Lipinski definition) is 6. The summed E-state index contributed by atoms with van der Waals surface area (Å²) in [6.45, 7) is 4.57. The number of alkyl halides is 3. The fourth-order valence-corrected chi connectivity index (χ4v) is 6.43. The first-order valence-electron chi connectivity index (χ1n) is 13.4. The lowest BCUT2D eigenvalue weighted by Crippen LogP contribution is -2.51. The minimum Gasteiger partial charge on any atom is -0.755 e. The van der Waals surface area contributed by atoms with Gasteiger partial charge in [0.2, 0.25) is 0 Å². The zero-order valence-corrected chi connectivity index (χ0v) is 24.8. The fraction of sp³-hybridized carbons (Fsp3) is 0.387. The van der Waals surface area contributed by atoms with Crippen molar-refractivity contribution < 1.29 is 45.7 Å². The van der Waals surface area contributed by atoms with Gasteiger partial charge in [0.25, 0.3) is 0 Å². The topological polar surface area (TPSA) is 99.1 Å². The number of carbonyl (C=O) groups is 1. The number of anilines is 1. The van der Waals surface area contributed by atoms with Gasteiger partial charge in [0.15, 0.2) is 5.60 Å². The maximum Gasteiger partial charge on any atom is 0.417 e. The van der Waals surface area contributed by atoms with Gasteiger partial charge in [-0.25, -0.2) is 4.39 Å². The second-order valence-electron chi connectivity index (χ2n) is 11.4. The molecule has 0 spiro atoms. The highest BCUT2D eigenvalue weighted by Crippen LogP contribution is 2.46. The first-order valence-corrected chi connectivity index (χ1v) is 14.5. The van der Waals surface area contributed by atoms with E-state index in [0.717, 1.165) is 22.0 Å². The number of methoxy groups -OCH3 is 1. The van der Waals surface area contributed by atoms with Crippen molar-refractivity contribution in [3.05, 3.63) is 94.8 Å². The first kappa shape index (κ1) is 32.4. The smallest absolute Gasteiger partial charge is 0.417 e. The molecule has 1 aliphatic carbocycles. The van der Waals surface area contributed by atoms with Crippen LogP contribution in [0, 0.1) is 12.7 Å². The Morgan fingerprint density at radius 2 is 1.74 bits per heavy atom. The summed E-state index contributed by atoms with van der Waals surface area (Å²) in [6, 6.07) is 15.7. The molecule has 0 radical (unpaired) electrons. The minimum atomic E-state index is -5.27. The van der Waals surface area contributed by atoms with Crippen LogP contribution in [0.15, 0.2) is 66.7 Å². The second-order valence-corrected chi connectivity index (χ2v) is 12.2. The van der Waals surface area contributed by atoms with Crippen molar-refractivity contribution in [2.24, 2.45) is 0 Å². The van der Waals surface area contributed by atoms with Gasteiger partial charge < -0.3 is 19.1 Å². The highest BCUT2D eigenvalue weighted by Gasteiger charge is 2.58. The summed E-state index contributed by atoms with van der Waals surface area (Å²) in [6.07, 6.45) is -8.90. The van der Waals surface area contributed by atoms with E-state index in [1.807, 2.05) is 6.92 Å². The van der Waals surface area contributed by atoms with Crippen molar-refractivity contribution in [3.63, 3.8) is 0 Å². The van der Waals surface area contributed by atoms with Crippen molar-refractivity contribution in [1.29, 1.82) is 0 Å². The average molecular weight is 623 g/mol. The highest BCUT2D eigenvalue weighted by molar-refractivity contribution is 7.80. The van der Waals surface area contributed by atoms with Gasteiger partial charge in [-0.05, 0) is 60.2 Å². The first-order chi connectivity index (χ1) is 20.1. The number of rotatable bonds is 10. The van der Waals surface area contributed by atoms with E-state index in [1.54, 1.807) is 48.5 Å². The van der Waals surface area contributed by atoms with E-state index in [2.05, 4.69) is 0 Å². The van der Waals surface area contributed by atoms with Crippen LogP contribution in [0.3, 0.4) is 0 Å². The number of nitrogens with zero attached hydrogens (tertiary/aromatic N) is 1. The Hall–Kier alpha value is -3.48. The number of ether oxygens (including phenoxy) is 2. The monoisotopic (exact) mass is 622 g/mol. The van der Waals surface area contributed by atoms with Crippen LogP contribution in [0.25, 0.3) is 0 Å². The van der Waals surface area contributed by atoms with Crippen LogP contribution in [-0.4, -0.2) is 44.8 Å². The number of carbonyl (C=O) groups excluding carboxylic acids is 1. The van der Waals surface area contributed by atoms with E-state index >= 15 is 0 Å². The molecule has 1 aliphatic rings. The Bertz CT molecular complexity index is 1500. The molecule has 4 atom stereocenters. The van der Waals surface area contributed by atoms with Crippen LogP contribution in [0.2, 0.25) is 0 Å². The van der Waals surface area contributed by atoms with E-state index in [9.17, 15) is 36.2 Å². The zero-order valence-electron chi connectivity index (χ0n) is 24.0. The Morgan fingerprint density at radius 3 is 2.35 bits per heavy atom. The third-order valence-electron chi connectivity index (χ3n) is 7.72. The molecular weight excluding hydrogens is 590 g/mol. The van der Waals surface area contributed by atoms with E-state index in [4.69, 9.17) is 9.47 Å². The molecule has 1 N–H and O–H groups in total. The quantitative estimate of drug-likeness (QED) is 0.169. The second kappa shape index (κ2) is 12.3. The summed E-state index contributed by atoms with van der Waals surface area (Å²) < 4.78 is 94.1. The number of hydrogen-bond donors (Lipinski definition) is 1.